The van der Waals surface area contributed by atoms with Crippen LogP contribution in [0.1, 0.15) is 0 Å². The lowest BCUT2D eigenvalue weighted by molar-refractivity contribution is 1.24. The number of halogens is 6. The highest BCUT2D eigenvalue weighted by Crippen LogP contribution is 2.54. The Labute approximate surface area is 101 Å². The van der Waals surface area contributed by atoms with Crippen molar-refractivity contribution < 1.29 is 0 Å². The molecule has 0 spiro atoms. The molecule has 6 heteroatoms. The summed E-state index contributed by atoms with van der Waals surface area (Å²) in [6.07, 6.45) is 0. The van der Waals surface area contributed by atoms with Crippen LogP contribution >= 0.6 is 78.3 Å². The molecule has 0 nitrogen and oxygen atoms in total. The van der Waals surface area contributed by atoms with Crippen molar-refractivity contribution in [2.45, 2.75) is 4.33 Å². The van der Waals surface area contributed by atoms with E-state index in [1.807, 2.05) is 0 Å². The van der Waals surface area contributed by atoms with E-state index in [2.05, 4.69) is 31.9 Å². The summed E-state index contributed by atoms with van der Waals surface area (Å²) in [7, 11) is 0. The maximum absolute atomic E-state index is 5.78. The van der Waals surface area contributed by atoms with Gasteiger partial charge in [-0.2, -0.15) is 0 Å². The van der Waals surface area contributed by atoms with Crippen LogP contribution in [0.4, 0.5) is 0 Å². The van der Waals surface area contributed by atoms with Gasteiger partial charge >= 0.3 is 0 Å². The fraction of sp³-hybridized carbons (Fsp3) is 0.200. The predicted molar refractivity (Wildman–Crippen MR) is 58.0 cm³/mol. The summed E-state index contributed by atoms with van der Waals surface area (Å²) >= 11 is 29.4. The van der Waals surface area contributed by atoms with Crippen LogP contribution in [-0.2, 0) is 0 Å². The first kappa shape index (κ1) is 10.7. The van der Waals surface area contributed by atoms with Crippen molar-refractivity contribution >= 4 is 78.3 Å². The Morgan fingerprint density at radius 2 is 1.18 bits per heavy atom. The summed E-state index contributed by atoms with van der Waals surface area (Å²) in [6, 6.07) is 0. The zero-order valence-corrected chi connectivity index (χ0v) is 11.0. The lowest BCUT2D eigenvalue weighted by atomic mass is 10.4. The lowest BCUT2D eigenvalue weighted by Gasteiger charge is -2.12. The van der Waals surface area contributed by atoms with E-state index in [0.29, 0.717) is 8.96 Å². The molecule has 0 saturated heterocycles. The molecule has 0 amide bonds. The summed E-state index contributed by atoms with van der Waals surface area (Å²) in [4.78, 5) is 0. The van der Waals surface area contributed by atoms with Crippen LogP contribution in [0.25, 0.3) is 0 Å². The third kappa shape index (κ3) is 1.63. The molecule has 0 aromatic rings. The van der Waals surface area contributed by atoms with E-state index in [4.69, 9.17) is 46.4 Å². The van der Waals surface area contributed by atoms with Crippen molar-refractivity contribution in [1.82, 2.24) is 0 Å². The second kappa shape index (κ2) is 3.39. The second-order valence-corrected chi connectivity index (χ2v) is 5.50. The van der Waals surface area contributed by atoms with Crippen molar-refractivity contribution in [3.8, 4) is 0 Å². The highest BCUT2D eigenvalue weighted by molar-refractivity contribution is 9.15. The summed E-state index contributed by atoms with van der Waals surface area (Å²) in [6.45, 7) is 0. The van der Waals surface area contributed by atoms with Gasteiger partial charge in [-0.25, -0.2) is 0 Å². The van der Waals surface area contributed by atoms with E-state index >= 15 is 0 Å². The van der Waals surface area contributed by atoms with Gasteiger partial charge in [0.2, 0.25) is 0 Å². The minimum Gasteiger partial charge on any atom is -0.0888 e. The van der Waals surface area contributed by atoms with E-state index in [1.54, 1.807) is 0 Å². The number of alkyl halides is 2. The van der Waals surface area contributed by atoms with Crippen molar-refractivity contribution in [2.75, 3.05) is 0 Å². The molecule has 0 N–H and O–H groups in total. The topological polar surface area (TPSA) is 0 Å². The molecule has 0 heterocycles. The van der Waals surface area contributed by atoms with E-state index in [1.165, 1.54) is 0 Å². The summed E-state index contributed by atoms with van der Waals surface area (Å²) < 4.78 is -0.121. The third-order valence-corrected chi connectivity index (χ3v) is 5.79. The third-order valence-electron chi connectivity index (χ3n) is 1.13. The number of hydrogen-bond acceptors (Lipinski definition) is 0. The standard InChI is InChI=1S/C5Br2Cl4/c6-1-2(7)4(9)5(10,11)3(1)8. The van der Waals surface area contributed by atoms with E-state index in [9.17, 15) is 0 Å². The quantitative estimate of drug-likeness (QED) is 0.540. The van der Waals surface area contributed by atoms with Gasteiger partial charge in [0.25, 0.3) is 0 Å². The number of rotatable bonds is 0. The molecule has 0 atom stereocenters. The van der Waals surface area contributed by atoms with E-state index in [-0.39, 0.29) is 10.1 Å². The monoisotopic (exact) mass is 358 g/mol. The molecule has 0 unspecified atom stereocenters. The maximum Gasteiger partial charge on any atom is 0.191 e. The smallest absolute Gasteiger partial charge is 0.0888 e. The van der Waals surface area contributed by atoms with E-state index in [0.717, 1.165) is 0 Å². The summed E-state index contributed by atoms with van der Waals surface area (Å²) in [5.74, 6) is 0. The number of hydrogen-bond donors (Lipinski definition) is 0. The maximum atomic E-state index is 5.78. The molecular weight excluding hydrogens is 362 g/mol. The van der Waals surface area contributed by atoms with Gasteiger partial charge in [-0.15, -0.1) is 0 Å². The largest absolute Gasteiger partial charge is 0.191 e. The molecule has 1 rings (SSSR count). The lowest BCUT2D eigenvalue weighted by Crippen LogP contribution is -2.09. The van der Waals surface area contributed by atoms with Crippen molar-refractivity contribution in [1.29, 1.82) is 0 Å². The van der Waals surface area contributed by atoms with Gasteiger partial charge in [0.15, 0.2) is 4.33 Å². The van der Waals surface area contributed by atoms with Crippen LogP contribution in [0.5, 0.6) is 0 Å². The Kier molecular flexibility index (Phi) is 3.29. The molecule has 0 aromatic heterocycles. The molecule has 0 aromatic carbocycles. The minimum absolute atomic E-state index is 0.276. The van der Waals surface area contributed by atoms with Gasteiger partial charge in [-0.05, 0) is 31.9 Å². The van der Waals surface area contributed by atoms with Gasteiger partial charge in [0.1, 0.15) is 0 Å². The minimum atomic E-state index is -1.30. The fourth-order valence-electron chi connectivity index (χ4n) is 0.565. The zero-order valence-electron chi connectivity index (χ0n) is 4.77. The van der Waals surface area contributed by atoms with E-state index < -0.39 is 4.33 Å². The fourth-order valence-corrected chi connectivity index (χ4v) is 3.05. The van der Waals surface area contributed by atoms with Crippen LogP contribution in [0, 0.1) is 0 Å². The molecule has 62 valence electrons. The van der Waals surface area contributed by atoms with Crippen LogP contribution < -0.4 is 0 Å². The van der Waals surface area contributed by atoms with Crippen LogP contribution in [0.3, 0.4) is 0 Å². The summed E-state index contributed by atoms with van der Waals surface area (Å²) in [5.41, 5.74) is 0. The molecule has 0 aliphatic heterocycles. The molecule has 0 saturated carbocycles. The molecule has 0 radical (unpaired) electrons. The van der Waals surface area contributed by atoms with Gasteiger partial charge in [0.05, 0.1) is 19.0 Å². The molecular formula is C5Br2Cl4. The van der Waals surface area contributed by atoms with Crippen molar-refractivity contribution in [3.05, 3.63) is 19.0 Å². The average Bonchev–Trinajstić information content (AvgIpc) is 2.06. The second-order valence-electron chi connectivity index (χ2n) is 1.83. The molecule has 0 fully saturated rings. The Morgan fingerprint density at radius 3 is 1.27 bits per heavy atom. The van der Waals surface area contributed by atoms with Crippen LogP contribution in [0.2, 0.25) is 0 Å². The van der Waals surface area contributed by atoms with Gasteiger partial charge in [-0.3, -0.25) is 0 Å². The van der Waals surface area contributed by atoms with Gasteiger partial charge in [0, 0.05) is 0 Å². The molecule has 11 heavy (non-hydrogen) atoms. The Morgan fingerprint density at radius 1 is 0.909 bits per heavy atom. The first-order chi connectivity index (χ1) is 4.89. The highest BCUT2D eigenvalue weighted by atomic mass is 79.9. The Hall–Kier alpha value is 1.60. The highest BCUT2D eigenvalue weighted by Gasteiger charge is 2.42. The SMILES string of the molecule is ClC1=C(Br)C(Br)=C(Cl)C1(Cl)Cl. The normalized spacial score (nSPS) is 23.5. The van der Waals surface area contributed by atoms with Gasteiger partial charge < -0.3 is 0 Å². The summed E-state index contributed by atoms with van der Waals surface area (Å²) in [5, 5.41) is 0.551. The van der Waals surface area contributed by atoms with Crippen molar-refractivity contribution in [2.24, 2.45) is 0 Å². The predicted octanol–water partition coefficient (Wildman–Crippen LogP) is 4.86. The Balaban J connectivity index is 3.27. The number of allylic oxidation sites excluding steroid dienone is 4. The average molecular weight is 362 g/mol. The molecule has 0 bridgehead atoms. The molecule has 1 aliphatic rings. The first-order valence-corrected chi connectivity index (χ1v) is 5.48. The van der Waals surface area contributed by atoms with Crippen LogP contribution in [0.15, 0.2) is 19.0 Å². The van der Waals surface area contributed by atoms with Gasteiger partial charge in [-0.1, -0.05) is 46.4 Å². The Bertz CT molecular complexity index is 240. The van der Waals surface area contributed by atoms with Crippen LogP contribution in [-0.4, -0.2) is 4.33 Å². The zero-order chi connectivity index (χ0) is 8.81. The molecule has 1 aliphatic carbocycles. The first-order valence-electron chi connectivity index (χ1n) is 2.38. The van der Waals surface area contributed by atoms with Crippen molar-refractivity contribution in [3.63, 3.8) is 0 Å².